The van der Waals surface area contributed by atoms with Gasteiger partial charge in [-0.1, -0.05) is 18.2 Å². The van der Waals surface area contributed by atoms with Gasteiger partial charge in [-0.3, -0.25) is 0 Å². The van der Waals surface area contributed by atoms with Gasteiger partial charge in [-0.15, -0.1) is 0 Å². The summed E-state index contributed by atoms with van der Waals surface area (Å²) in [7, 11) is 0. The second kappa shape index (κ2) is 10.1. The Labute approximate surface area is 187 Å². The van der Waals surface area contributed by atoms with E-state index in [0.717, 1.165) is 35.9 Å². The molecule has 1 aliphatic heterocycles. The van der Waals surface area contributed by atoms with Gasteiger partial charge in [0, 0.05) is 30.0 Å². The number of anilines is 3. The summed E-state index contributed by atoms with van der Waals surface area (Å²) in [4.78, 5) is 23.9. The van der Waals surface area contributed by atoms with E-state index in [1.807, 2.05) is 68.4 Å². The fraction of sp³-hybridized carbons (Fsp3) is 0.292. The zero-order valence-electron chi connectivity index (χ0n) is 18.3. The number of aryl methyl sites for hydroxylation is 1. The minimum atomic E-state index is -0.299. The minimum absolute atomic E-state index is 0.299. The minimum Gasteiger partial charge on any atom is -0.488 e. The van der Waals surface area contributed by atoms with Crippen LogP contribution in [0.2, 0.25) is 0 Å². The van der Waals surface area contributed by atoms with E-state index in [9.17, 15) is 4.79 Å². The fourth-order valence-electron chi connectivity index (χ4n) is 3.50. The topological polar surface area (TPSA) is 88.6 Å². The first kappa shape index (κ1) is 21.6. The number of benzene rings is 2. The van der Waals surface area contributed by atoms with Crippen LogP contribution < -0.4 is 20.3 Å². The second-order valence-corrected chi connectivity index (χ2v) is 7.34. The Morgan fingerprint density at radius 1 is 1.00 bits per heavy atom. The van der Waals surface area contributed by atoms with Crippen molar-refractivity contribution in [1.82, 2.24) is 9.97 Å². The normalized spacial score (nSPS) is 13.5. The molecule has 2 aromatic carbocycles. The Balaban J connectivity index is 1.53. The number of hydrogen-bond acceptors (Lipinski definition) is 6. The molecule has 1 aromatic heterocycles. The molecule has 3 aromatic rings. The third-order valence-electron chi connectivity index (χ3n) is 5.05. The van der Waals surface area contributed by atoms with Gasteiger partial charge in [0.1, 0.15) is 0 Å². The highest BCUT2D eigenvalue weighted by Gasteiger charge is 2.21. The van der Waals surface area contributed by atoms with Crippen LogP contribution in [0.5, 0.6) is 5.75 Å². The van der Waals surface area contributed by atoms with Crippen molar-refractivity contribution in [1.29, 1.82) is 0 Å². The number of amides is 2. The van der Waals surface area contributed by atoms with Crippen LogP contribution in [0.3, 0.4) is 0 Å². The number of nitrogens with zero attached hydrogens (tertiary/aromatic N) is 3. The number of morpholine rings is 1. The predicted molar refractivity (Wildman–Crippen MR) is 125 cm³/mol. The lowest BCUT2D eigenvalue weighted by molar-refractivity contribution is 0.122. The molecule has 32 heavy (non-hydrogen) atoms. The molecule has 166 valence electrons. The molecule has 2 amide bonds. The lowest BCUT2D eigenvalue weighted by Gasteiger charge is -2.29. The molecule has 1 fully saturated rings. The molecule has 1 saturated heterocycles. The van der Waals surface area contributed by atoms with Crippen molar-refractivity contribution in [2.24, 2.45) is 0 Å². The van der Waals surface area contributed by atoms with E-state index in [4.69, 9.17) is 14.5 Å². The van der Waals surface area contributed by atoms with Gasteiger partial charge in [0.25, 0.3) is 0 Å². The summed E-state index contributed by atoms with van der Waals surface area (Å²) < 4.78 is 11.3. The number of carbonyl (C=O) groups excluding carboxylic acids is 1. The number of ether oxygens (including phenoxy) is 2. The zero-order chi connectivity index (χ0) is 22.3. The van der Waals surface area contributed by atoms with Gasteiger partial charge >= 0.3 is 6.03 Å². The molecule has 8 heteroatoms. The van der Waals surface area contributed by atoms with Gasteiger partial charge in [-0.05, 0) is 50.2 Å². The third kappa shape index (κ3) is 5.15. The van der Waals surface area contributed by atoms with Crippen molar-refractivity contribution < 1.29 is 14.3 Å². The Hall–Kier alpha value is -3.65. The number of hydrogen-bond donors (Lipinski definition) is 2. The average molecular weight is 434 g/mol. The molecule has 0 saturated carbocycles. The number of para-hydroxylation sites is 1. The van der Waals surface area contributed by atoms with E-state index in [2.05, 4.69) is 20.5 Å². The van der Waals surface area contributed by atoms with Crippen molar-refractivity contribution in [2.45, 2.75) is 13.8 Å². The van der Waals surface area contributed by atoms with E-state index >= 15 is 0 Å². The van der Waals surface area contributed by atoms with Crippen LogP contribution in [0.15, 0.2) is 54.6 Å². The molecular formula is C24H27N5O3. The number of aromatic nitrogens is 2. The first-order valence-corrected chi connectivity index (χ1v) is 10.7. The molecule has 2 heterocycles. The summed E-state index contributed by atoms with van der Waals surface area (Å²) in [6, 6.07) is 16.5. The van der Waals surface area contributed by atoms with E-state index in [1.165, 1.54) is 0 Å². The highest BCUT2D eigenvalue weighted by molar-refractivity contribution is 5.99. The number of rotatable bonds is 6. The Kier molecular flexibility index (Phi) is 6.81. The molecular weight excluding hydrogens is 406 g/mol. The molecule has 0 unspecified atom stereocenters. The summed E-state index contributed by atoms with van der Waals surface area (Å²) >= 11 is 0. The van der Waals surface area contributed by atoms with E-state index in [1.54, 1.807) is 0 Å². The monoisotopic (exact) mass is 433 g/mol. The zero-order valence-corrected chi connectivity index (χ0v) is 18.3. The summed E-state index contributed by atoms with van der Waals surface area (Å²) in [5.74, 6) is 2.13. The first-order valence-electron chi connectivity index (χ1n) is 10.7. The van der Waals surface area contributed by atoms with Gasteiger partial charge < -0.3 is 25.0 Å². The van der Waals surface area contributed by atoms with Crippen molar-refractivity contribution in [3.63, 3.8) is 0 Å². The smallest absolute Gasteiger partial charge is 0.323 e. The Bertz CT molecular complexity index is 1050. The third-order valence-corrected chi connectivity index (χ3v) is 5.05. The van der Waals surface area contributed by atoms with Crippen molar-refractivity contribution >= 4 is 23.2 Å². The molecule has 0 atom stereocenters. The molecule has 0 radical (unpaired) electrons. The lowest BCUT2D eigenvalue weighted by atomic mass is 10.2. The molecule has 0 aliphatic carbocycles. The molecule has 1 aliphatic rings. The average Bonchev–Trinajstić information content (AvgIpc) is 2.82. The van der Waals surface area contributed by atoms with Gasteiger partial charge in [-0.25, -0.2) is 14.8 Å². The Morgan fingerprint density at radius 3 is 2.31 bits per heavy atom. The van der Waals surface area contributed by atoms with Gasteiger partial charge in [0.05, 0.1) is 25.5 Å². The molecule has 0 bridgehead atoms. The van der Waals surface area contributed by atoms with Crippen molar-refractivity contribution in [3.8, 4) is 17.1 Å². The maximum atomic E-state index is 12.2. The van der Waals surface area contributed by atoms with Gasteiger partial charge in [0.2, 0.25) is 0 Å². The molecule has 0 spiro atoms. The van der Waals surface area contributed by atoms with Crippen LogP contribution in [-0.2, 0) is 4.74 Å². The van der Waals surface area contributed by atoms with E-state index in [-0.39, 0.29) is 6.03 Å². The first-order chi connectivity index (χ1) is 15.6. The maximum Gasteiger partial charge on any atom is 0.323 e. The molecule has 8 nitrogen and oxygen atoms in total. The predicted octanol–water partition coefficient (Wildman–Crippen LogP) is 4.33. The van der Waals surface area contributed by atoms with Crippen molar-refractivity contribution in [3.05, 3.63) is 60.3 Å². The summed E-state index contributed by atoms with van der Waals surface area (Å²) in [6.45, 7) is 7.28. The van der Waals surface area contributed by atoms with Crippen LogP contribution in [-0.4, -0.2) is 48.9 Å². The summed E-state index contributed by atoms with van der Waals surface area (Å²) in [6.07, 6.45) is 0. The van der Waals surface area contributed by atoms with Gasteiger partial charge in [0.15, 0.2) is 17.4 Å². The second-order valence-electron chi connectivity index (χ2n) is 7.34. The fourth-order valence-corrected chi connectivity index (χ4v) is 3.50. The highest BCUT2D eigenvalue weighted by Crippen LogP contribution is 2.32. The van der Waals surface area contributed by atoms with Crippen LogP contribution in [0.1, 0.15) is 12.6 Å². The summed E-state index contributed by atoms with van der Waals surface area (Å²) in [5.41, 5.74) is 3.07. The Morgan fingerprint density at radius 2 is 1.66 bits per heavy atom. The van der Waals surface area contributed by atoms with Crippen LogP contribution >= 0.6 is 0 Å². The standard InChI is InChI=1S/C24H27N5O3/c1-3-32-21-17(2)25-22(28-23(21)29-13-15-31-16-14-29)18-9-11-20(12-10-18)27-24(30)26-19-7-5-4-6-8-19/h4-12H,3,13-16H2,1-2H3,(H2,26,27,30). The largest absolute Gasteiger partial charge is 0.488 e. The highest BCUT2D eigenvalue weighted by atomic mass is 16.5. The van der Waals surface area contributed by atoms with E-state index < -0.39 is 0 Å². The maximum absolute atomic E-state index is 12.2. The van der Waals surface area contributed by atoms with Crippen LogP contribution in [0.4, 0.5) is 22.0 Å². The van der Waals surface area contributed by atoms with Gasteiger partial charge in [-0.2, -0.15) is 0 Å². The quantitative estimate of drug-likeness (QED) is 0.602. The lowest BCUT2D eigenvalue weighted by Crippen LogP contribution is -2.37. The summed E-state index contributed by atoms with van der Waals surface area (Å²) in [5, 5.41) is 5.64. The van der Waals surface area contributed by atoms with E-state index in [0.29, 0.717) is 37.1 Å². The number of carbonyl (C=O) groups is 1. The van der Waals surface area contributed by atoms with Crippen LogP contribution in [0.25, 0.3) is 11.4 Å². The SMILES string of the molecule is CCOc1c(C)nc(-c2ccc(NC(=O)Nc3ccccc3)cc2)nc1N1CCOCC1. The molecule has 2 N–H and O–H groups in total. The number of nitrogens with one attached hydrogen (secondary N) is 2. The van der Waals surface area contributed by atoms with Crippen molar-refractivity contribution in [2.75, 3.05) is 48.4 Å². The molecule has 4 rings (SSSR count). The van der Waals surface area contributed by atoms with Crippen LogP contribution in [0, 0.1) is 6.92 Å². The number of urea groups is 1.